The average molecular weight is 744 g/mol. The summed E-state index contributed by atoms with van der Waals surface area (Å²) in [5.41, 5.74) is 0. The Labute approximate surface area is 234 Å². The third-order valence-electron chi connectivity index (χ3n) is 18.6. The molecule has 0 spiro atoms. The number of hydrogen-bond donors (Lipinski definition) is 0. The van der Waals surface area contributed by atoms with Crippen LogP contribution in [0.15, 0.2) is 0 Å². The second-order valence-electron chi connectivity index (χ2n) is 16.2. The highest BCUT2D eigenvalue weighted by Gasteiger charge is 2.91. The number of fused-ring (bicyclic) bond motifs is 3. The Morgan fingerprint density at radius 3 is 1.15 bits per heavy atom. The number of hydrogen-bond acceptors (Lipinski definition) is 0. The van der Waals surface area contributed by atoms with Gasteiger partial charge in [0, 0.05) is 126 Å². The van der Waals surface area contributed by atoms with Crippen molar-refractivity contribution < 1.29 is 0 Å². The Balaban J connectivity index is 2.15. The van der Waals surface area contributed by atoms with Gasteiger partial charge in [-0.3, -0.25) is 0 Å². The molecule has 14 atom stereocenters. The van der Waals surface area contributed by atoms with E-state index in [4.69, 9.17) is 0 Å². The summed E-state index contributed by atoms with van der Waals surface area (Å²) in [5, 5.41) is 0. The molecule has 0 aromatic carbocycles. The van der Waals surface area contributed by atoms with E-state index in [1.54, 1.807) is 0 Å². The Morgan fingerprint density at radius 1 is 0.471 bits per heavy atom. The van der Waals surface area contributed by atoms with Crippen LogP contribution in [0.5, 0.6) is 0 Å². The van der Waals surface area contributed by atoms with Gasteiger partial charge in [0.2, 0.25) is 0 Å². The predicted octanol–water partition coefficient (Wildman–Crippen LogP) is 0.506. The van der Waals surface area contributed by atoms with E-state index in [-0.39, 0.29) is 54.8 Å². The molecule has 17 heteroatoms. The second kappa shape index (κ2) is 8.60. The normalized spacial score (nSPS) is 68.7. The first-order valence-electron chi connectivity index (χ1n) is 15.2. The fourth-order valence-corrected chi connectivity index (χ4v) is 1390. The third kappa shape index (κ3) is 2.59. The van der Waals surface area contributed by atoms with Gasteiger partial charge in [-0.15, -0.1) is 0 Å². The first kappa shape index (κ1) is 30.6. The quantitative estimate of drug-likeness (QED) is 0.362. The highest BCUT2D eigenvalue weighted by atomic mass is 30.7. The van der Waals surface area contributed by atoms with Crippen molar-refractivity contribution in [1.82, 2.24) is 0 Å². The first-order chi connectivity index (χ1) is 15.2. The molecule has 2 bridgehead atoms. The van der Waals surface area contributed by atoms with Crippen LogP contribution in [0.25, 0.3) is 0 Å². The molecule has 0 aromatic rings. The Morgan fingerprint density at radius 2 is 0.794 bits per heavy atom. The molecule has 5 aliphatic heterocycles. The summed E-state index contributed by atoms with van der Waals surface area (Å²) in [5.74, 6) is 0. The van der Waals surface area contributed by atoms with E-state index >= 15 is 0 Å². The van der Waals surface area contributed by atoms with Gasteiger partial charge in [-0.05, 0) is 0 Å². The standard InChI is InChI=1S/C17H62Si17/c1-18-19(2)28(11)20(3)25(8)31(14)26(9)33(16)29(12)21(4)23(6)30(13,24(7)22(29)5)34(33,17)27(10)32(28,31)15/h19-27H,18H2,1-17H3. The summed E-state index contributed by atoms with van der Waals surface area (Å²) in [6.45, 7) is 49.6. The molecule has 0 N–H and O–H groups in total. The predicted molar refractivity (Wildman–Crippen MR) is 213 cm³/mol. The minimum atomic E-state index is -0.895. The van der Waals surface area contributed by atoms with Gasteiger partial charge in [-0.25, -0.2) is 0 Å². The molecule has 0 aromatic heterocycles. The van der Waals surface area contributed by atoms with E-state index < -0.39 is 62.0 Å². The van der Waals surface area contributed by atoms with Gasteiger partial charge in [0.25, 0.3) is 0 Å². The van der Waals surface area contributed by atoms with Crippen LogP contribution in [-0.4, -0.2) is 126 Å². The Hall–Kier alpha value is 3.69. The molecule has 0 amide bonds. The van der Waals surface area contributed by atoms with E-state index in [2.05, 4.69) is 111 Å². The fourth-order valence-electron chi connectivity index (χ4n) is 14.7. The van der Waals surface area contributed by atoms with Crippen molar-refractivity contribution in [2.45, 2.75) is 111 Å². The van der Waals surface area contributed by atoms with Gasteiger partial charge in [-0.2, -0.15) is 0 Å². The van der Waals surface area contributed by atoms with Crippen molar-refractivity contribution in [3.05, 3.63) is 0 Å². The van der Waals surface area contributed by atoms with Crippen LogP contribution in [-0.2, 0) is 0 Å². The van der Waals surface area contributed by atoms with Gasteiger partial charge < -0.3 is 0 Å². The van der Waals surface area contributed by atoms with Gasteiger partial charge >= 0.3 is 0 Å². The minimum Gasteiger partial charge on any atom is -0.0771 e. The van der Waals surface area contributed by atoms with Crippen LogP contribution in [0.1, 0.15) is 0 Å². The van der Waals surface area contributed by atoms with Gasteiger partial charge in [0.1, 0.15) is 0 Å². The third-order valence-corrected chi connectivity index (χ3v) is 596. The van der Waals surface area contributed by atoms with Crippen molar-refractivity contribution >= 4 is 126 Å². The zero-order chi connectivity index (χ0) is 26.4. The fraction of sp³-hybridized carbons (Fsp3) is 1.00. The molecular formula is C17H62Si17. The van der Waals surface area contributed by atoms with E-state index in [0.717, 1.165) is 0 Å². The topological polar surface area (TPSA) is 0 Å². The molecule has 0 saturated carbocycles. The van der Waals surface area contributed by atoms with Crippen LogP contribution < -0.4 is 0 Å². The van der Waals surface area contributed by atoms with Gasteiger partial charge in [-0.1, -0.05) is 111 Å². The molecular weight excluding hydrogens is 682 g/mol. The Bertz CT molecular complexity index is 872. The van der Waals surface area contributed by atoms with Crippen molar-refractivity contribution in [1.29, 1.82) is 0 Å². The van der Waals surface area contributed by atoms with Crippen molar-refractivity contribution in [3.8, 4) is 0 Å². The lowest BCUT2D eigenvalue weighted by Gasteiger charge is -2.84. The molecule has 0 nitrogen and oxygen atoms in total. The maximum absolute atomic E-state index is 3.47. The molecule has 34 heavy (non-hydrogen) atoms. The zero-order valence-electron chi connectivity index (χ0n) is 26.4. The molecule has 5 saturated heterocycles. The van der Waals surface area contributed by atoms with Gasteiger partial charge in [0.05, 0.1) is 0 Å². The summed E-state index contributed by atoms with van der Waals surface area (Å²) in [4.78, 5) is 0. The highest BCUT2D eigenvalue weighted by molar-refractivity contribution is 8.48. The van der Waals surface area contributed by atoms with E-state index in [1.165, 1.54) is 0 Å². The van der Waals surface area contributed by atoms with Crippen LogP contribution in [0.4, 0.5) is 0 Å². The first-order valence-corrected chi connectivity index (χ1v) is 80.7. The van der Waals surface area contributed by atoms with Crippen molar-refractivity contribution in [2.24, 2.45) is 0 Å². The minimum absolute atomic E-state index is 0.301. The average Bonchev–Trinajstić information content (AvgIpc) is 2.93. The lowest BCUT2D eigenvalue weighted by atomic mass is 11.9. The number of rotatable bonds is 2. The zero-order valence-corrected chi connectivity index (χ0v) is 45.2. The van der Waals surface area contributed by atoms with E-state index in [0.29, 0.717) is 9.04 Å². The molecule has 5 aliphatic rings. The molecule has 198 valence electrons. The summed E-state index contributed by atoms with van der Waals surface area (Å²) in [6.07, 6.45) is 0. The second-order valence-corrected chi connectivity index (χ2v) is 228. The monoisotopic (exact) mass is 742 g/mol. The lowest BCUT2D eigenvalue weighted by molar-refractivity contribution is 1.94. The molecule has 5 fully saturated rings. The van der Waals surface area contributed by atoms with Gasteiger partial charge in [0.15, 0.2) is 0 Å². The smallest absolute Gasteiger partial charge is 0.0175 e. The molecule has 5 rings (SSSR count). The molecule has 0 radical (unpaired) electrons. The summed E-state index contributed by atoms with van der Waals surface area (Å²) < 4.78 is 0. The van der Waals surface area contributed by atoms with Crippen molar-refractivity contribution in [3.63, 3.8) is 0 Å². The van der Waals surface area contributed by atoms with Crippen LogP contribution in [0.2, 0.25) is 111 Å². The van der Waals surface area contributed by atoms with Crippen LogP contribution in [0, 0.1) is 0 Å². The molecule has 0 aliphatic carbocycles. The largest absolute Gasteiger partial charge is 0.0771 e. The van der Waals surface area contributed by atoms with Crippen LogP contribution in [0.3, 0.4) is 0 Å². The summed E-state index contributed by atoms with van der Waals surface area (Å²) in [7, 11) is -2.80. The summed E-state index contributed by atoms with van der Waals surface area (Å²) >= 11 is 0. The van der Waals surface area contributed by atoms with E-state index in [9.17, 15) is 0 Å². The van der Waals surface area contributed by atoms with E-state index in [1.807, 2.05) is 0 Å². The SMILES string of the molecule is C[SiH2][SiH](C)[Si]1(C)[SiH](C)[SiH](C)[Si]2(C)[SiH](C)[Si]3(C)[Si]4(C)[SiH](C)[SiH](C)[Si](C)([SiH](C)[SiH]4C)[Si]3(C)[SiH](C)[Si]12C. The lowest BCUT2D eigenvalue weighted by Crippen LogP contribution is -3.18. The molecule has 5 heterocycles. The van der Waals surface area contributed by atoms with Crippen molar-refractivity contribution in [2.75, 3.05) is 0 Å². The highest BCUT2D eigenvalue weighted by Crippen LogP contribution is 2.60. The maximum atomic E-state index is 3.47. The Kier molecular flexibility index (Phi) is 7.75. The summed E-state index contributed by atoms with van der Waals surface area (Å²) in [6, 6.07) is 0. The van der Waals surface area contributed by atoms with Crippen LogP contribution >= 0.6 is 0 Å². The molecule has 14 unspecified atom stereocenters. The maximum Gasteiger partial charge on any atom is 0.0175 e.